The highest BCUT2D eigenvalue weighted by Gasteiger charge is 1.99. The summed E-state index contributed by atoms with van der Waals surface area (Å²) in [5.74, 6) is 0.135. The molecular weight excluding hydrogens is 174 g/mol. The van der Waals surface area contributed by atoms with Crippen LogP contribution in [0.1, 0.15) is 0 Å². The first-order chi connectivity index (χ1) is 5.77. The SMILES string of the molecule is Oc1cnc2cccc(Cl)c2c1. The quantitative estimate of drug-likeness (QED) is 0.675. The maximum Gasteiger partial charge on any atom is 0.134 e. The number of nitrogens with zero attached hydrogens (tertiary/aromatic N) is 1. The highest BCUT2D eigenvalue weighted by molar-refractivity contribution is 6.35. The van der Waals surface area contributed by atoms with E-state index in [0.29, 0.717) is 5.02 Å². The number of aromatic hydroxyl groups is 1. The minimum absolute atomic E-state index is 0.135. The van der Waals surface area contributed by atoms with Crippen LogP contribution in [-0.2, 0) is 0 Å². The van der Waals surface area contributed by atoms with Crippen LogP contribution in [0.25, 0.3) is 10.9 Å². The lowest BCUT2D eigenvalue weighted by Gasteiger charge is -1.98. The zero-order chi connectivity index (χ0) is 8.55. The van der Waals surface area contributed by atoms with Gasteiger partial charge in [-0.25, -0.2) is 0 Å². The van der Waals surface area contributed by atoms with Crippen molar-refractivity contribution in [2.75, 3.05) is 0 Å². The number of fused-ring (bicyclic) bond motifs is 1. The lowest BCUT2D eigenvalue weighted by molar-refractivity contribution is 0.474. The van der Waals surface area contributed by atoms with E-state index in [1.807, 2.05) is 12.1 Å². The molecule has 0 saturated heterocycles. The summed E-state index contributed by atoms with van der Waals surface area (Å²) in [6.45, 7) is 0. The van der Waals surface area contributed by atoms with Gasteiger partial charge in [0.25, 0.3) is 0 Å². The highest BCUT2D eigenvalue weighted by Crippen LogP contribution is 2.24. The fourth-order valence-corrected chi connectivity index (χ4v) is 1.33. The van der Waals surface area contributed by atoms with E-state index < -0.39 is 0 Å². The molecule has 1 aromatic heterocycles. The molecule has 1 heterocycles. The fourth-order valence-electron chi connectivity index (χ4n) is 1.10. The second-order valence-electron chi connectivity index (χ2n) is 2.50. The molecular formula is C9H6ClNO. The number of hydrogen-bond acceptors (Lipinski definition) is 2. The molecule has 0 atom stereocenters. The molecule has 1 aromatic carbocycles. The third-order valence-corrected chi connectivity index (χ3v) is 1.99. The summed E-state index contributed by atoms with van der Waals surface area (Å²) in [7, 11) is 0. The van der Waals surface area contributed by atoms with Crippen LogP contribution in [0.15, 0.2) is 30.5 Å². The molecule has 0 amide bonds. The van der Waals surface area contributed by atoms with Gasteiger partial charge in [0.15, 0.2) is 0 Å². The molecule has 0 aliphatic carbocycles. The second-order valence-corrected chi connectivity index (χ2v) is 2.91. The van der Waals surface area contributed by atoms with Gasteiger partial charge in [0.2, 0.25) is 0 Å². The molecule has 2 rings (SSSR count). The Morgan fingerprint density at radius 1 is 1.33 bits per heavy atom. The number of rotatable bonds is 0. The van der Waals surface area contributed by atoms with Crippen molar-refractivity contribution in [2.45, 2.75) is 0 Å². The van der Waals surface area contributed by atoms with E-state index in [1.165, 1.54) is 6.20 Å². The van der Waals surface area contributed by atoms with E-state index in [2.05, 4.69) is 4.98 Å². The Hall–Kier alpha value is -1.28. The molecule has 3 heteroatoms. The molecule has 0 aliphatic rings. The first kappa shape index (κ1) is 7.37. The van der Waals surface area contributed by atoms with Crippen LogP contribution in [0.3, 0.4) is 0 Å². The van der Waals surface area contributed by atoms with Crippen LogP contribution >= 0.6 is 11.6 Å². The highest BCUT2D eigenvalue weighted by atomic mass is 35.5. The van der Waals surface area contributed by atoms with Crippen LogP contribution in [0, 0.1) is 0 Å². The van der Waals surface area contributed by atoms with Crippen LogP contribution in [-0.4, -0.2) is 10.1 Å². The van der Waals surface area contributed by atoms with Gasteiger partial charge in [-0.2, -0.15) is 0 Å². The topological polar surface area (TPSA) is 33.1 Å². The molecule has 0 fully saturated rings. The van der Waals surface area contributed by atoms with E-state index in [4.69, 9.17) is 16.7 Å². The van der Waals surface area contributed by atoms with E-state index in [-0.39, 0.29) is 5.75 Å². The largest absolute Gasteiger partial charge is 0.506 e. The summed E-state index contributed by atoms with van der Waals surface area (Å²) >= 11 is 5.88. The molecule has 0 aliphatic heterocycles. The van der Waals surface area contributed by atoms with Gasteiger partial charge in [-0.3, -0.25) is 4.98 Å². The van der Waals surface area contributed by atoms with Crippen molar-refractivity contribution in [1.82, 2.24) is 4.98 Å². The smallest absolute Gasteiger partial charge is 0.134 e. The Morgan fingerprint density at radius 3 is 3.00 bits per heavy atom. The first-order valence-corrected chi connectivity index (χ1v) is 3.88. The van der Waals surface area contributed by atoms with Gasteiger partial charge in [-0.15, -0.1) is 0 Å². The predicted molar refractivity (Wildman–Crippen MR) is 48.4 cm³/mol. The minimum atomic E-state index is 0.135. The van der Waals surface area contributed by atoms with Gasteiger partial charge in [-0.05, 0) is 18.2 Å². The molecule has 0 unspecified atom stereocenters. The van der Waals surface area contributed by atoms with E-state index in [9.17, 15) is 0 Å². The Labute approximate surface area is 74.4 Å². The third-order valence-electron chi connectivity index (χ3n) is 1.66. The maximum atomic E-state index is 9.13. The minimum Gasteiger partial charge on any atom is -0.506 e. The monoisotopic (exact) mass is 179 g/mol. The summed E-state index contributed by atoms with van der Waals surface area (Å²) < 4.78 is 0. The number of halogens is 1. The lowest BCUT2D eigenvalue weighted by Crippen LogP contribution is -1.78. The van der Waals surface area contributed by atoms with Crippen LogP contribution in [0.2, 0.25) is 5.02 Å². The van der Waals surface area contributed by atoms with Crippen molar-refractivity contribution >= 4 is 22.5 Å². The Bertz CT molecular complexity index is 428. The molecule has 2 aromatic rings. The van der Waals surface area contributed by atoms with E-state index in [0.717, 1.165) is 10.9 Å². The van der Waals surface area contributed by atoms with Crippen LogP contribution < -0.4 is 0 Å². The molecule has 60 valence electrons. The maximum absolute atomic E-state index is 9.13. The number of aromatic nitrogens is 1. The average Bonchev–Trinajstić information content (AvgIpc) is 2.07. The van der Waals surface area contributed by atoms with Gasteiger partial charge < -0.3 is 5.11 Å². The van der Waals surface area contributed by atoms with Crippen LogP contribution in [0.4, 0.5) is 0 Å². The Kier molecular flexibility index (Phi) is 1.62. The van der Waals surface area contributed by atoms with Crippen molar-refractivity contribution in [2.24, 2.45) is 0 Å². The van der Waals surface area contributed by atoms with Crippen molar-refractivity contribution in [3.63, 3.8) is 0 Å². The second kappa shape index (κ2) is 2.64. The van der Waals surface area contributed by atoms with Crippen molar-refractivity contribution < 1.29 is 5.11 Å². The number of benzene rings is 1. The molecule has 0 saturated carbocycles. The summed E-state index contributed by atoms with van der Waals surface area (Å²) in [5.41, 5.74) is 0.792. The molecule has 0 bridgehead atoms. The molecule has 1 N–H and O–H groups in total. The molecule has 0 radical (unpaired) electrons. The average molecular weight is 180 g/mol. The summed E-state index contributed by atoms with van der Waals surface area (Å²) in [4.78, 5) is 4.01. The van der Waals surface area contributed by atoms with Crippen LogP contribution in [0.5, 0.6) is 5.75 Å². The Morgan fingerprint density at radius 2 is 2.17 bits per heavy atom. The van der Waals surface area contributed by atoms with Gasteiger partial charge in [0.1, 0.15) is 5.75 Å². The zero-order valence-corrected chi connectivity index (χ0v) is 6.92. The normalized spacial score (nSPS) is 10.4. The van der Waals surface area contributed by atoms with E-state index >= 15 is 0 Å². The van der Waals surface area contributed by atoms with Crippen molar-refractivity contribution in [3.05, 3.63) is 35.5 Å². The number of pyridine rings is 1. The van der Waals surface area contributed by atoms with Gasteiger partial charge >= 0.3 is 0 Å². The van der Waals surface area contributed by atoms with E-state index in [1.54, 1.807) is 12.1 Å². The van der Waals surface area contributed by atoms with Gasteiger partial charge in [-0.1, -0.05) is 17.7 Å². The fraction of sp³-hybridized carbons (Fsp3) is 0. The van der Waals surface area contributed by atoms with Gasteiger partial charge in [0, 0.05) is 5.39 Å². The molecule has 0 spiro atoms. The summed E-state index contributed by atoms with van der Waals surface area (Å²) in [5, 5.41) is 10.5. The lowest BCUT2D eigenvalue weighted by atomic mass is 10.2. The van der Waals surface area contributed by atoms with Crippen molar-refractivity contribution in [3.8, 4) is 5.75 Å². The summed E-state index contributed by atoms with van der Waals surface area (Å²) in [6, 6.07) is 7.05. The Balaban J connectivity index is 2.88. The van der Waals surface area contributed by atoms with Crippen molar-refractivity contribution in [1.29, 1.82) is 0 Å². The first-order valence-electron chi connectivity index (χ1n) is 3.50. The standard InChI is InChI=1S/C9H6ClNO/c10-8-2-1-3-9-7(8)4-6(12)5-11-9/h1-5,12H. The predicted octanol–water partition coefficient (Wildman–Crippen LogP) is 2.59. The van der Waals surface area contributed by atoms with Gasteiger partial charge in [0.05, 0.1) is 16.7 Å². The third kappa shape index (κ3) is 1.10. The summed E-state index contributed by atoms with van der Waals surface area (Å²) in [6.07, 6.45) is 1.40. The molecule has 12 heavy (non-hydrogen) atoms. The molecule has 2 nitrogen and oxygen atoms in total. The number of hydrogen-bond donors (Lipinski definition) is 1. The zero-order valence-electron chi connectivity index (χ0n) is 6.16.